The van der Waals surface area contributed by atoms with Gasteiger partial charge in [-0.2, -0.15) is 0 Å². The summed E-state index contributed by atoms with van der Waals surface area (Å²) in [5, 5.41) is 9.85. The average Bonchev–Trinajstić information content (AvgIpc) is 3.41. The first-order valence-corrected chi connectivity index (χ1v) is 29.2. The van der Waals surface area contributed by atoms with Crippen molar-refractivity contribution in [2.24, 2.45) is 5.41 Å². The summed E-state index contributed by atoms with van der Waals surface area (Å²) in [6.07, 6.45) is 27.4. The Labute approximate surface area is 457 Å². The molecular formula is C64H96O12. The van der Waals surface area contributed by atoms with Crippen molar-refractivity contribution in [1.29, 1.82) is 0 Å². The minimum absolute atomic E-state index is 0.0637. The summed E-state index contributed by atoms with van der Waals surface area (Å²) in [6.45, 7) is 18.9. The maximum Gasteiger partial charge on any atom is 0.336 e. The van der Waals surface area contributed by atoms with E-state index in [4.69, 9.17) is 37.9 Å². The van der Waals surface area contributed by atoms with E-state index in [1.54, 1.807) is 36.4 Å². The summed E-state index contributed by atoms with van der Waals surface area (Å²) in [5.74, 6) is 1.61. The van der Waals surface area contributed by atoms with Crippen molar-refractivity contribution in [3.63, 3.8) is 0 Å². The van der Waals surface area contributed by atoms with Crippen molar-refractivity contribution in [2.45, 2.75) is 209 Å². The molecule has 0 fully saturated rings. The lowest BCUT2D eigenvalue weighted by Crippen LogP contribution is -2.27. The van der Waals surface area contributed by atoms with Gasteiger partial charge in [-0.15, -0.1) is 0 Å². The molecule has 0 amide bonds. The summed E-state index contributed by atoms with van der Waals surface area (Å²) in [6, 6.07) is 13.7. The van der Waals surface area contributed by atoms with Crippen LogP contribution in [0.15, 0.2) is 60.7 Å². The number of hydrogen-bond donors (Lipinski definition) is 1. The van der Waals surface area contributed by atoms with Gasteiger partial charge in [-0.25, -0.2) is 9.59 Å². The van der Waals surface area contributed by atoms with Gasteiger partial charge in [-0.3, -0.25) is 4.79 Å². The van der Waals surface area contributed by atoms with Crippen molar-refractivity contribution in [2.75, 3.05) is 39.6 Å². The predicted molar refractivity (Wildman–Crippen MR) is 306 cm³/mol. The van der Waals surface area contributed by atoms with Crippen molar-refractivity contribution >= 4 is 30.1 Å². The van der Waals surface area contributed by atoms with Gasteiger partial charge in [0, 0.05) is 35.4 Å². The standard InChI is InChI=1S/C64H96O12/c1-9-15-20-25-45-69-56-41-33-51(60(71-47-27-22-17-11-3)62(56)73-49-29-24-19-13-5)35-43-58(67)75-53-38-36-52(37-39-53)74-57(66)42-34-50-32-40-54(55(31-30-44-65)76-63(68)64(7,8)14-6)61(72-48-28-23-18-12-4)59(50)70-46-26-21-16-10-2/h32-43,55,65H,9-31,44-49H2,1-8H3. The third kappa shape index (κ3) is 24.7. The molecule has 0 spiro atoms. The first-order chi connectivity index (χ1) is 37.0. The van der Waals surface area contributed by atoms with Crippen molar-refractivity contribution in [3.05, 3.63) is 77.4 Å². The fourth-order valence-electron chi connectivity index (χ4n) is 8.07. The maximum absolute atomic E-state index is 13.5. The Bertz CT molecular complexity index is 2140. The number of hydrogen-bond acceptors (Lipinski definition) is 12. The molecule has 0 heterocycles. The van der Waals surface area contributed by atoms with Gasteiger partial charge in [-0.05, 0) is 114 Å². The minimum atomic E-state index is -0.707. The highest BCUT2D eigenvalue weighted by Crippen LogP contribution is 2.44. The van der Waals surface area contributed by atoms with E-state index in [0.29, 0.717) is 97.7 Å². The maximum atomic E-state index is 13.5. The lowest BCUT2D eigenvalue weighted by Gasteiger charge is -2.28. The molecule has 1 atom stereocenters. The molecule has 0 radical (unpaired) electrons. The third-order valence-electron chi connectivity index (χ3n) is 13.2. The molecular weight excluding hydrogens is 961 g/mol. The van der Waals surface area contributed by atoms with E-state index >= 15 is 0 Å². The van der Waals surface area contributed by atoms with Crippen LogP contribution in [0.25, 0.3) is 12.2 Å². The van der Waals surface area contributed by atoms with Crippen LogP contribution in [0.5, 0.6) is 40.2 Å². The molecule has 0 bridgehead atoms. The molecule has 0 aromatic heterocycles. The van der Waals surface area contributed by atoms with Gasteiger partial charge in [-0.1, -0.05) is 150 Å². The van der Waals surface area contributed by atoms with Crippen molar-refractivity contribution in [3.8, 4) is 40.2 Å². The molecule has 12 heteroatoms. The van der Waals surface area contributed by atoms with Gasteiger partial charge in [0.2, 0.25) is 5.75 Å². The molecule has 3 aromatic rings. The van der Waals surface area contributed by atoms with Gasteiger partial charge in [0.05, 0.1) is 38.4 Å². The van der Waals surface area contributed by atoms with Gasteiger partial charge >= 0.3 is 17.9 Å². The predicted octanol–water partition coefficient (Wildman–Crippen LogP) is 16.5. The molecule has 1 N–H and O–H groups in total. The number of aliphatic hydroxyl groups excluding tert-OH is 1. The van der Waals surface area contributed by atoms with Gasteiger partial charge in [0.15, 0.2) is 23.0 Å². The van der Waals surface area contributed by atoms with Crippen LogP contribution < -0.4 is 33.2 Å². The zero-order chi connectivity index (χ0) is 55.2. The average molecular weight is 1060 g/mol. The topological polar surface area (TPSA) is 145 Å². The molecule has 0 saturated carbocycles. The SMILES string of the molecule is CCCCCCOc1ccc(C=CC(=O)Oc2ccc(OC(=O)C=Cc3ccc(C(CCCO)OC(=O)C(C)(C)CC)c(OCCCCCC)c3OCCCCCC)cc2)c(OCCCCCC)c1OCCCCCC. The molecule has 0 aliphatic heterocycles. The van der Waals surface area contributed by atoms with E-state index < -0.39 is 23.5 Å². The largest absolute Gasteiger partial charge is 0.490 e. The van der Waals surface area contributed by atoms with Gasteiger partial charge in [0.1, 0.15) is 17.6 Å². The summed E-state index contributed by atoms with van der Waals surface area (Å²) < 4.78 is 49.8. The quantitative estimate of drug-likeness (QED) is 0.0249. The van der Waals surface area contributed by atoms with E-state index in [0.717, 1.165) is 128 Å². The Hall–Kier alpha value is -5.49. The lowest BCUT2D eigenvalue weighted by molar-refractivity contribution is -0.161. The molecule has 76 heavy (non-hydrogen) atoms. The second-order valence-corrected chi connectivity index (χ2v) is 20.2. The van der Waals surface area contributed by atoms with Gasteiger partial charge < -0.3 is 43.0 Å². The Morgan fingerprint density at radius 1 is 0.474 bits per heavy atom. The number of carbonyl (C=O) groups excluding carboxylic acids is 3. The van der Waals surface area contributed by atoms with Crippen LogP contribution >= 0.6 is 0 Å². The second-order valence-electron chi connectivity index (χ2n) is 20.2. The van der Waals surface area contributed by atoms with Crippen LogP contribution in [0.1, 0.15) is 226 Å². The Balaban J connectivity index is 1.87. The molecule has 1 unspecified atom stereocenters. The zero-order valence-corrected chi connectivity index (χ0v) is 47.9. The highest BCUT2D eigenvalue weighted by atomic mass is 16.6. The monoisotopic (exact) mass is 1060 g/mol. The highest BCUT2D eigenvalue weighted by Gasteiger charge is 2.32. The van der Waals surface area contributed by atoms with Gasteiger partial charge in [0.25, 0.3) is 0 Å². The van der Waals surface area contributed by atoms with E-state index in [9.17, 15) is 19.5 Å². The molecule has 12 nitrogen and oxygen atoms in total. The van der Waals surface area contributed by atoms with E-state index in [2.05, 4.69) is 34.6 Å². The van der Waals surface area contributed by atoms with Crippen LogP contribution in [0.3, 0.4) is 0 Å². The van der Waals surface area contributed by atoms with Crippen LogP contribution in [0.4, 0.5) is 0 Å². The van der Waals surface area contributed by atoms with Crippen molar-refractivity contribution in [1.82, 2.24) is 0 Å². The number of esters is 3. The number of rotatable bonds is 43. The first kappa shape index (κ1) is 64.8. The number of benzene rings is 3. The summed E-state index contributed by atoms with van der Waals surface area (Å²) >= 11 is 0. The zero-order valence-electron chi connectivity index (χ0n) is 47.9. The third-order valence-corrected chi connectivity index (χ3v) is 13.2. The summed E-state index contributed by atoms with van der Waals surface area (Å²) in [5.41, 5.74) is 1.21. The van der Waals surface area contributed by atoms with E-state index in [1.807, 2.05) is 45.0 Å². The molecule has 0 aliphatic rings. The van der Waals surface area contributed by atoms with Crippen LogP contribution in [-0.4, -0.2) is 62.7 Å². The second kappa shape index (κ2) is 39.0. The van der Waals surface area contributed by atoms with E-state index in [1.165, 1.54) is 12.2 Å². The van der Waals surface area contributed by atoms with Crippen LogP contribution in [0.2, 0.25) is 0 Å². The minimum Gasteiger partial charge on any atom is -0.490 e. The fraction of sp³-hybridized carbons (Fsp3) is 0.609. The van der Waals surface area contributed by atoms with E-state index in [-0.39, 0.29) is 24.1 Å². The molecule has 3 rings (SSSR count). The highest BCUT2D eigenvalue weighted by molar-refractivity contribution is 5.90. The number of unbranched alkanes of at least 4 members (excludes halogenated alkanes) is 15. The lowest BCUT2D eigenvalue weighted by atomic mass is 9.90. The molecule has 424 valence electrons. The number of ether oxygens (including phenoxy) is 8. The van der Waals surface area contributed by atoms with Crippen LogP contribution in [0, 0.1) is 5.41 Å². The normalized spacial score (nSPS) is 12.0. The van der Waals surface area contributed by atoms with Crippen molar-refractivity contribution < 1.29 is 57.4 Å². The Morgan fingerprint density at radius 2 is 0.868 bits per heavy atom. The number of aliphatic hydroxyl groups is 1. The first-order valence-electron chi connectivity index (χ1n) is 29.2. The Morgan fingerprint density at radius 3 is 1.29 bits per heavy atom. The molecule has 0 saturated heterocycles. The molecule has 0 aliphatic carbocycles. The smallest absolute Gasteiger partial charge is 0.336 e. The fourth-order valence-corrected chi connectivity index (χ4v) is 8.07. The van der Waals surface area contributed by atoms with Crippen LogP contribution in [-0.2, 0) is 19.1 Å². The summed E-state index contributed by atoms with van der Waals surface area (Å²) in [7, 11) is 0. The summed E-state index contributed by atoms with van der Waals surface area (Å²) in [4.78, 5) is 40.2. The number of carbonyl (C=O) groups is 3. The Kier molecular flexibility index (Phi) is 33.2. The molecule has 3 aromatic carbocycles.